The van der Waals surface area contributed by atoms with Crippen LogP contribution in [0.15, 0.2) is 47.9 Å². The number of ketones is 1. The monoisotopic (exact) mass is 302 g/mol. The molecule has 2 aromatic rings. The van der Waals surface area contributed by atoms with Crippen molar-refractivity contribution in [2.24, 2.45) is 0 Å². The number of allylic oxidation sites excluding steroid dienone is 1. The van der Waals surface area contributed by atoms with Crippen LogP contribution in [0.25, 0.3) is 6.08 Å². The van der Waals surface area contributed by atoms with E-state index in [0.717, 1.165) is 10.6 Å². The van der Waals surface area contributed by atoms with E-state index < -0.39 is 0 Å². The Labute approximate surface area is 126 Å². The topological polar surface area (TPSA) is 26.3 Å². The van der Waals surface area contributed by atoms with Crippen molar-refractivity contribution in [3.8, 4) is 5.75 Å². The standard InChI is InChI=1S/C16H14O2S2/c17-15(8-7-12-4-3-9-19-12)14-5-1-2-6-16(14)18-10-13-11-20-13/h1-9,13H,10-11H2/b8-7+. The normalized spacial score (nSPS) is 17.3. The smallest absolute Gasteiger partial charge is 0.189 e. The number of carbonyl (C=O) groups excluding carboxylic acids is 1. The number of hydrogen-bond donors (Lipinski definition) is 0. The van der Waals surface area contributed by atoms with Gasteiger partial charge in [0.25, 0.3) is 0 Å². The lowest BCUT2D eigenvalue weighted by molar-refractivity contribution is 0.104. The lowest BCUT2D eigenvalue weighted by atomic mass is 10.1. The Morgan fingerprint density at radius 2 is 2.15 bits per heavy atom. The molecule has 2 nitrogen and oxygen atoms in total. The van der Waals surface area contributed by atoms with Gasteiger partial charge < -0.3 is 4.74 Å². The molecule has 1 saturated heterocycles. The highest BCUT2D eigenvalue weighted by Crippen LogP contribution is 2.31. The van der Waals surface area contributed by atoms with Crippen LogP contribution >= 0.6 is 23.1 Å². The number of hydrogen-bond acceptors (Lipinski definition) is 4. The first-order valence-corrected chi connectivity index (χ1v) is 8.35. The second-order valence-electron chi connectivity index (χ2n) is 4.48. The van der Waals surface area contributed by atoms with Gasteiger partial charge in [0, 0.05) is 15.9 Å². The van der Waals surface area contributed by atoms with Crippen molar-refractivity contribution in [1.29, 1.82) is 0 Å². The average Bonchev–Trinajstić information content (AvgIpc) is 3.17. The second-order valence-corrected chi connectivity index (χ2v) is 6.79. The van der Waals surface area contributed by atoms with E-state index in [0.29, 0.717) is 23.2 Å². The van der Waals surface area contributed by atoms with Crippen LogP contribution in [0, 0.1) is 0 Å². The van der Waals surface area contributed by atoms with Gasteiger partial charge in [0.05, 0.1) is 5.56 Å². The molecule has 1 atom stereocenters. The van der Waals surface area contributed by atoms with Crippen LogP contribution in [-0.4, -0.2) is 23.4 Å². The third-order valence-electron chi connectivity index (χ3n) is 2.92. The van der Waals surface area contributed by atoms with Gasteiger partial charge >= 0.3 is 0 Å². The van der Waals surface area contributed by atoms with Gasteiger partial charge in [-0.15, -0.1) is 11.3 Å². The van der Waals surface area contributed by atoms with Gasteiger partial charge in [0.1, 0.15) is 12.4 Å². The third-order valence-corrected chi connectivity index (χ3v) is 4.70. The Hall–Kier alpha value is -1.52. The number of thioether (sulfide) groups is 1. The summed E-state index contributed by atoms with van der Waals surface area (Å²) in [5, 5.41) is 2.59. The molecule has 0 spiro atoms. The number of ether oxygens (including phenoxy) is 1. The number of thiophene rings is 1. The van der Waals surface area contributed by atoms with Crippen molar-refractivity contribution in [3.05, 3.63) is 58.3 Å². The average molecular weight is 302 g/mol. The lowest BCUT2D eigenvalue weighted by Gasteiger charge is -2.08. The van der Waals surface area contributed by atoms with E-state index in [-0.39, 0.29) is 5.78 Å². The first-order chi connectivity index (χ1) is 9.83. The predicted molar refractivity (Wildman–Crippen MR) is 85.9 cm³/mol. The highest BCUT2D eigenvalue weighted by Gasteiger charge is 2.23. The molecule has 0 amide bonds. The molecule has 102 valence electrons. The number of benzene rings is 1. The van der Waals surface area contributed by atoms with Gasteiger partial charge in [0.15, 0.2) is 5.78 Å². The summed E-state index contributed by atoms with van der Waals surface area (Å²) < 4.78 is 5.75. The zero-order valence-electron chi connectivity index (χ0n) is 10.8. The van der Waals surface area contributed by atoms with Crippen LogP contribution in [0.1, 0.15) is 15.2 Å². The number of carbonyl (C=O) groups is 1. The zero-order valence-corrected chi connectivity index (χ0v) is 12.5. The minimum atomic E-state index is -0.0162. The van der Waals surface area contributed by atoms with Crippen molar-refractivity contribution in [3.63, 3.8) is 0 Å². The molecule has 0 saturated carbocycles. The van der Waals surface area contributed by atoms with E-state index in [1.54, 1.807) is 17.4 Å². The molecule has 0 radical (unpaired) electrons. The van der Waals surface area contributed by atoms with Crippen molar-refractivity contribution < 1.29 is 9.53 Å². The quantitative estimate of drug-likeness (QED) is 0.456. The van der Waals surface area contributed by atoms with Crippen molar-refractivity contribution in [2.45, 2.75) is 5.25 Å². The van der Waals surface area contributed by atoms with Crippen molar-refractivity contribution in [2.75, 3.05) is 12.4 Å². The Kier molecular flexibility index (Phi) is 4.23. The molecule has 4 heteroatoms. The van der Waals surface area contributed by atoms with E-state index in [1.165, 1.54) is 0 Å². The van der Waals surface area contributed by atoms with Crippen LogP contribution in [0.5, 0.6) is 5.75 Å². The zero-order chi connectivity index (χ0) is 13.8. The molecule has 1 aliphatic rings. The molecule has 1 aromatic heterocycles. The van der Waals surface area contributed by atoms with E-state index in [2.05, 4.69) is 0 Å². The summed E-state index contributed by atoms with van der Waals surface area (Å²) in [4.78, 5) is 13.3. The maximum Gasteiger partial charge on any atom is 0.189 e. The molecule has 1 fully saturated rings. The second kappa shape index (κ2) is 6.29. The minimum Gasteiger partial charge on any atom is -0.492 e. The fourth-order valence-corrected chi connectivity index (χ4v) is 2.79. The van der Waals surface area contributed by atoms with Gasteiger partial charge in [0.2, 0.25) is 0 Å². The third kappa shape index (κ3) is 3.52. The van der Waals surface area contributed by atoms with E-state index in [9.17, 15) is 4.79 Å². The van der Waals surface area contributed by atoms with Crippen LogP contribution in [-0.2, 0) is 0 Å². The van der Waals surface area contributed by atoms with Gasteiger partial charge in [-0.05, 0) is 35.7 Å². The van der Waals surface area contributed by atoms with Gasteiger partial charge in [-0.3, -0.25) is 4.79 Å². The van der Waals surface area contributed by atoms with Crippen LogP contribution < -0.4 is 4.74 Å². The first kappa shape index (κ1) is 13.5. The van der Waals surface area contributed by atoms with Crippen LogP contribution in [0.3, 0.4) is 0 Å². The van der Waals surface area contributed by atoms with Crippen LogP contribution in [0.4, 0.5) is 0 Å². The Morgan fingerprint density at radius 1 is 1.30 bits per heavy atom. The van der Waals surface area contributed by atoms with Crippen LogP contribution in [0.2, 0.25) is 0 Å². The summed E-state index contributed by atoms with van der Waals surface area (Å²) in [5.74, 6) is 1.83. The van der Waals surface area contributed by atoms with E-state index in [1.807, 2.05) is 59.6 Å². The van der Waals surface area contributed by atoms with Crippen molar-refractivity contribution in [1.82, 2.24) is 0 Å². The molecule has 2 heterocycles. The summed E-state index contributed by atoms with van der Waals surface area (Å²) in [6, 6.07) is 11.4. The van der Waals surface area contributed by atoms with E-state index >= 15 is 0 Å². The fraction of sp³-hybridized carbons (Fsp3) is 0.188. The number of para-hydroxylation sites is 1. The molecule has 1 unspecified atom stereocenters. The SMILES string of the molecule is O=C(/C=C/c1cccs1)c1ccccc1OCC1CS1. The summed E-state index contributed by atoms with van der Waals surface area (Å²) in [6.45, 7) is 0.684. The predicted octanol–water partition coefficient (Wildman–Crippen LogP) is 4.14. The molecule has 3 rings (SSSR count). The maximum atomic E-state index is 12.3. The minimum absolute atomic E-state index is 0.0162. The van der Waals surface area contributed by atoms with Gasteiger partial charge in [-0.2, -0.15) is 11.8 Å². The molecule has 1 aromatic carbocycles. The molecule has 0 bridgehead atoms. The summed E-state index contributed by atoms with van der Waals surface area (Å²) >= 11 is 3.50. The first-order valence-electron chi connectivity index (χ1n) is 6.42. The molecule has 1 aliphatic heterocycles. The largest absolute Gasteiger partial charge is 0.492 e. The van der Waals surface area contributed by atoms with Crippen molar-refractivity contribution >= 4 is 35.0 Å². The Bertz CT molecular complexity index is 613. The maximum absolute atomic E-state index is 12.3. The highest BCUT2D eigenvalue weighted by atomic mass is 32.2. The Morgan fingerprint density at radius 3 is 2.90 bits per heavy atom. The summed E-state index contributed by atoms with van der Waals surface area (Å²) in [6.07, 6.45) is 3.46. The molecular formula is C16H14O2S2. The summed E-state index contributed by atoms with van der Waals surface area (Å²) in [5.41, 5.74) is 0.631. The summed E-state index contributed by atoms with van der Waals surface area (Å²) in [7, 11) is 0. The highest BCUT2D eigenvalue weighted by molar-refractivity contribution is 8.06. The molecule has 0 aliphatic carbocycles. The molecule has 20 heavy (non-hydrogen) atoms. The van der Waals surface area contributed by atoms with E-state index in [4.69, 9.17) is 4.74 Å². The lowest BCUT2D eigenvalue weighted by Crippen LogP contribution is -2.06. The van der Waals surface area contributed by atoms with Gasteiger partial charge in [-0.1, -0.05) is 18.2 Å². The molecule has 0 N–H and O–H groups in total. The molecular weight excluding hydrogens is 288 g/mol. The Balaban J connectivity index is 1.72. The fourth-order valence-electron chi connectivity index (χ4n) is 1.78. The van der Waals surface area contributed by atoms with Gasteiger partial charge in [-0.25, -0.2) is 0 Å². The number of rotatable bonds is 6.